The summed E-state index contributed by atoms with van der Waals surface area (Å²) in [7, 11) is 0. The van der Waals surface area contributed by atoms with Gasteiger partial charge >= 0.3 is 0 Å². The first-order chi connectivity index (χ1) is 8.54. The maximum atomic E-state index is 11.8. The van der Waals surface area contributed by atoms with E-state index in [1.807, 2.05) is 30.3 Å². The number of aromatic nitrogens is 1. The zero-order valence-electron chi connectivity index (χ0n) is 9.42. The second-order valence-electron chi connectivity index (χ2n) is 3.78. The predicted molar refractivity (Wildman–Crippen MR) is 82.4 cm³/mol. The molecule has 0 fully saturated rings. The van der Waals surface area contributed by atoms with E-state index in [0.717, 1.165) is 19.3 Å². The Morgan fingerprint density at radius 3 is 2.78 bits per heavy atom. The molecule has 0 saturated heterocycles. The van der Waals surface area contributed by atoms with Crippen LogP contribution in [-0.2, 0) is 0 Å². The van der Waals surface area contributed by atoms with Crippen LogP contribution in [0.4, 0.5) is 0 Å². The van der Waals surface area contributed by atoms with Gasteiger partial charge in [0, 0.05) is 19.3 Å². The molecule has 0 radical (unpaired) electrons. The van der Waals surface area contributed by atoms with E-state index >= 15 is 0 Å². The topological polar surface area (TPSA) is 56.6 Å². The van der Waals surface area contributed by atoms with E-state index in [1.54, 1.807) is 6.92 Å². The molecule has 5 heteroatoms. The molecule has 0 bridgehead atoms. The lowest BCUT2D eigenvalue weighted by atomic mass is 10.0. The van der Waals surface area contributed by atoms with E-state index in [0.29, 0.717) is 5.56 Å². The summed E-state index contributed by atoms with van der Waals surface area (Å²) >= 11 is 5.65. The number of aryl methyl sites for hydroxylation is 1. The number of nitrogens with zero attached hydrogens (tertiary/aromatic N) is 1. The molecule has 1 heterocycles. The van der Waals surface area contributed by atoms with Crippen molar-refractivity contribution in [3.05, 3.63) is 53.9 Å². The monoisotopic (exact) mass is 414 g/mol. The number of aromatic amines is 1. The zero-order valence-corrected chi connectivity index (χ0v) is 13.2. The average Bonchev–Trinajstić information content (AvgIpc) is 2.32. The lowest BCUT2D eigenvalue weighted by molar-refractivity contribution is 1.13. The maximum absolute atomic E-state index is 11.8. The number of benzene rings is 1. The predicted octanol–water partition coefficient (Wildman–Crippen LogP) is 3.59. The average molecular weight is 415 g/mol. The molecule has 0 saturated carbocycles. The molecule has 0 spiro atoms. The number of nitriles is 1. The smallest absolute Gasteiger partial charge is 0.266 e. The highest BCUT2D eigenvalue weighted by Gasteiger charge is 2.13. The third kappa shape index (κ3) is 2.35. The Morgan fingerprint density at radius 2 is 2.11 bits per heavy atom. The summed E-state index contributed by atoms with van der Waals surface area (Å²) in [6.07, 6.45) is 0. The molecular formula is C13H8BrIN2O. The highest BCUT2D eigenvalue weighted by Crippen LogP contribution is 2.31. The molecular weight excluding hydrogens is 407 g/mol. The molecule has 2 aromatic rings. The quantitative estimate of drug-likeness (QED) is 0.725. The van der Waals surface area contributed by atoms with Crippen molar-refractivity contribution >= 4 is 38.5 Å². The molecule has 1 aromatic carbocycles. The molecule has 0 aliphatic carbocycles. The number of hydrogen-bond acceptors (Lipinski definition) is 2. The lowest BCUT2D eigenvalue weighted by Gasteiger charge is -2.08. The van der Waals surface area contributed by atoms with Gasteiger partial charge in [-0.2, -0.15) is 5.26 Å². The second-order valence-corrected chi connectivity index (χ2v) is 5.72. The molecule has 1 N–H and O–H groups in total. The van der Waals surface area contributed by atoms with Gasteiger partial charge in [-0.3, -0.25) is 4.79 Å². The van der Waals surface area contributed by atoms with E-state index in [1.165, 1.54) is 0 Å². The number of hydrogen-bond donors (Lipinski definition) is 1. The number of pyridine rings is 1. The molecule has 0 atom stereocenters. The van der Waals surface area contributed by atoms with Crippen LogP contribution in [-0.4, -0.2) is 4.98 Å². The fourth-order valence-corrected chi connectivity index (χ4v) is 2.74. The van der Waals surface area contributed by atoms with Gasteiger partial charge in [0.2, 0.25) is 0 Å². The summed E-state index contributed by atoms with van der Waals surface area (Å²) in [6.45, 7) is 1.80. The van der Waals surface area contributed by atoms with E-state index in [2.05, 4.69) is 43.5 Å². The highest BCUT2D eigenvalue weighted by molar-refractivity contribution is 14.1. The van der Waals surface area contributed by atoms with Gasteiger partial charge in [-0.15, -0.1) is 0 Å². The first-order valence-corrected chi connectivity index (χ1v) is 7.00. The summed E-state index contributed by atoms with van der Waals surface area (Å²) in [5.74, 6) is 0. The Morgan fingerprint density at radius 1 is 1.39 bits per heavy atom. The Kier molecular flexibility index (Phi) is 3.88. The molecule has 90 valence electrons. The van der Waals surface area contributed by atoms with Crippen molar-refractivity contribution in [3.63, 3.8) is 0 Å². The summed E-state index contributed by atoms with van der Waals surface area (Å²) in [4.78, 5) is 14.4. The first-order valence-electron chi connectivity index (χ1n) is 5.13. The molecule has 2 rings (SSSR count). The van der Waals surface area contributed by atoms with Gasteiger partial charge in [0.1, 0.15) is 11.6 Å². The van der Waals surface area contributed by atoms with Crippen LogP contribution >= 0.6 is 38.5 Å². The fourth-order valence-electron chi connectivity index (χ4n) is 1.72. The normalized spacial score (nSPS) is 10.1. The van der Waals surface area contributed by atoms with Crippen LogP contribution in [0, 0.1) is 21.8 Å². The fraction of sp³-hybridized carbons (Fsp3) is 0.0769. The first kappa shape index (κ1) is 13.3. The van der Waals surface area contributed by atoms with E-state index in [9.17, 15) is 4.79 Å². The molecule has 0 amide bonds. The van der Waals surface area contributed by atoms with Crippen LogP contribution in [0.3, 0.4) is 0 Å². The standard InChI is InChI=1S/C13H8BrIN2O/c1-7-5-9(10(6-16)13(18)17-7)8-3-2-4-11(14)12(8)15/h2-5H,1H3,(H,17,18). The summed E-state index contributed by atoms with van der Waals surface area (Å²) in [5.41, 5.74) is 2.10. The Hall–Kier alpha value is -1.13. The minimum atomic E-state index is -0.344. The Balaban J connectivity index is 2.84. The van der Waals surface area contributed by atoms with Crippen LogP contribution < -0.4 is 5.56 Å². The largest absolute Gasteiger partial charge is 0.325 e. The van der Waals surface area contributed by atoms with Crippen molar-refractivity contribution in [1.82, 2.24) is 4.98 Å². The maximum Gasteiger partial charge on any atom is 0.266 e. The molecule has 3 nitrogen and oxygen atoms in total. The molecule has 0 aliphatic heterocycles. The highest BCUT2D eigenvalue weighted by atomic mass is 127. The van der Waals surface area contributed by atoms with Gasteiger partial charge in [-0.05, 0) is 63.1 Å². The summed E-state index contributed by atoms with van der Waals surface area (Å²) in [6, 6.07) is 9.52. The van der Waals surface area contributed by atoms with E-state index in [4.69, 9.17) is 5.26 Å². The van der Waals surface area contributed by atoms with Crippen molar-refractivity contribution in [2.24, 2.45) is 0 Å². The Bertz CT molecular complexity index is 716. The summed E-state index contributed by atoms with van der Waals surface area (Å²) in [5, 5.41) is 9.13. The van der Waals surface area contributed by atoms with Crippen molar-refractivity contribution in [1.29, 1.82) is 5.26 Å². The van der Waals surface area contributed by atoms with E-state index in [-0.39, 0.29) is 11.1 Å². The number of H-pyrrole nitrogens is 1. The van der Waals surface area contributed by atoms with Gasteiger partial charge in [0.05, 0.1) is 0 Å². The molecule has 0 unspecified atom stereocenters. The van der Waals surface area contributed by atoms with Gasteiger partial charge in [-0.25, -0.2) is 0 Å². The minimum absolute atomic E-state index is 0.150. The van der Waals surface area contributed by atoms with Crippen LogP contribution in [0.25, 0.3) is 11.1 Å². The van der Waals surface area contributed by atoms with Crippen molar-refractivity contribution in [3.8, 4) is 17.2 Å². The van der Waals surface area contributed by atoms with Crippen molar-refractivity contribution < 1.29 is 0 Å². The number of rotatable bonds is 1. The van der Waals surface area contributed by atoms with Crippen LogP contribution in [0.1, 0.15) is 11.3 Å². The van der Waals surface area contributed by atoms with Crippen LogP contribution in [0.5, 0.6) is 0 Å². The van der Waals surface area contributed by atoms with Crippen molar-refractivity contribution in [2.45, 2.75) is 6.92 Å². The minimum Gasteiger partial charge on any atom is -0.325 e. The van der Waals surface area contributed by atoms with Gasteiger partial charge in [0.15, 0.2) is 0 Å². The third-order valence-corrected chi connectivity index (χ3v) is 5.09. The van der Waals surface area contributed by atoms with Gasteiger partial charge in [-0.1, -0.05) is 12.1 Å². The molecule has 1 aromatic heterocycles. The van der Waals surface area contributed by atoms with Crippen LogP contribution in [0.15, 0.2) is 33.5 Å². The van der Waals surface area contributed by atoms with Crippen LogP contribution in [0.2, 0.25) is 0 Å². The molecule has 18 heavy (non-hydrogen) atoms. The molecule has 0 aliphatic rings. The third-order valence-electron chi connectivity index (χ3n) is 2.52. The summed E-state index contributed by atoms with van der Waals surface area (Å²) < 4.78 is 1.93. The SMILES string of the molecule is Cc1cc(-c2cccc(Br)c2I)c(C#N)c(=O)[nH]1. The van der Waals surface area contributed by atoms with Crippen molar-refractivity contribution in [2.75, 3.05) is 0 Å². The lowest BCUT2D eigenvalue weighted by Crippen LogP contribution is -2.13. The zero-order chi connectivity index (χ0) is 13.3. The number of nitrogens with one attached hydrogen (secondary N) is 1. The van der Waals surface area contributed by atoms with Gasteiger partial charge in [0.25, 0.3) is 5.56 Å². The van der Waals surface area contributed by atoms with Gasteiger partial charge < -0.3 is 4.98 Å². The van der Waals surface area contributed by atoms with E-state index < -0.39 is 0 Å². The second kappa shape index (κ2) is 5.24. The Labute approximate surface area is 126 Å². The number of halogens is 2.